The molecule has 2 rings (SSSR count). The van der Waals surface area contributed by atoms with Crippen molar-refractivity contribution in [3.8, 4) is 0 Å². The third-order valence-electron chi connectivity index (χ3n) is 2.75. The highest BCUT2D eigenvalue weighted by atomic mass is 35.5. The number of hydrogen-bond donors (Lipinski definition) is 0. The van der Waals surface area contributed by atoms with Gasteiger partial charge in [0, 0.05) is 11.3 Å². The minimum atomic E-state index is 0.465. The molecule has 4 heteroatoms. The molecule has 1 saturated heterocycles. The lowest BCUT2D eigenvalue weighted by Gasteiger charge is -2.11. The lowest BCUT2D eigenvalue weighted by molar-refractivity contribution is 0.765. The summed E-state index contributed by atoms with van der Waals surface area (Å²) in [5, 5.41) is 1.11. The summed E-state index contributed by atoms with van der Waals surface area (Å²) in [6.45, 7) is 4.11. The summed E-state index contributed by atoms with van der Waals surface area (Å²) >= 11 is 8.10. The van der Waals surface area contributed by atoms with Gasteiger partial charge in [0.05, 0.1) is 5.25 Å². The van der Waals surface area contributed by atoms with Crippen molar-refractivity contribution in [1.29, 1.82) is 0 Å². The van der Waals surface area contributed by atoms with Gasteiger partial charge in [-0.3, -0.25) is 0 Å². The molecule has 0 N–H and O–H groups in total. The van der Waals surface area contributed by atoms with Gasteiger partial charge in [-0.15, -0.1) is 0 Å². The zero-order valence-electron chi connectivity index (χ0n) is 9.09. The highest BCUT2D eigenvalue weighted by molar-refractivity contribution is 7.99. The molecule has 0 aromatic carbocycles. The largest absolute Gasteiger partial charge is 0.237 e. The van der Waals surface area contributed by atoms with E-state index in [0.717, 1.165) is 23.5 Å². The Morgan fingerprint density at radius 1 is 1.47 bits per heavy atom. The Kier molecular flexibility index (Phi) is 3.52. The van der Waals surface area contributed by atoms with Gasteiger partial charge in [0.15, 0.2) is 0 Å². The summed E-state index contributed by atoms with van der Waals surface area (Å²) in [5.41, 5.74) is 2.13. The van der Waals surface area contributed by atoms with Crippen molar-refractivity contribution in [3.63, 3.8) is 0 Å². The smallest absolute Gasteiger partial charge is 0.143 e. The zero-order valence-corrected chi connectivity index (χ0v) is 10.7. The quantitative estimate of drug-likeness (QED) is 0.742. The molecule has 1 aliphatic rings. The van der Waals surface area contributed by atoms with Crippen LogP contribution in [0, 0.1) is 6.92 Å². The van der Waals surface area contributed by atoms with Crippen LogP contribution in [0.5, 0.6) is 0 Å². The van der Waals surface area contributed by atoms with E-state index in [-0.39, 0.29) is 0 Å². The summed E-state index contributed by atoms with van der Waals surface area (Å²) < 4.78 is 0. The second-order valence-electron chi connectivity index (χ2n) is 3.79. The fourth-order valence-electron chi connectivity index (χ4n) is 1.91. The van der Waals surface area contributed by atoms with Crippen LogP contribution in [0.25, 0.3) is 0 Å². The maximum atomic E-state index is 6.15. The second kappa shape index (κ2) is 4.71. The van der Waals surface area contributed by atoms with Crippen molar-refractivity contribution in [3.05, 3.63) is 22.2 Å². The molecule has 0 saturated carbocycles. The molecule has 1 aliphatic heterocycles. The van der Waals surface area contributed by atoms with E-state index in [1.54, 1.807) is 0 Å². The van der Waals surface area contributed by atoms with Crippen molar-refractivity contribution >= 4 is 23.4 Å². The summed E-state index contributed by atoms with van der Waals surface area (Å²) in [4.78, 5) is 8.99. The Morgan fingerprint density at radius 3 is 2.80 bits per heavy atom. The molecular weight excluding hydrogens is 228 g/mol. The minimum Gasteiger partial charge on any atom is -0.237 e. The fraction of sp³-hybridized carbons (Fsp3) is 0.636. The van der Waals surface area contributed by atoms with E-state index in [1.165, 1.54) is 18.6 Å². The van der Waals surface area contributed by atoms with Gasteiger partial charge in [-0.05, 0) is 31.9 Å². The number of nitrogens with zero attached hydrogens (tertiary/aromatic N) is 2. The molecule has 0 spiro atoms. The van der Waals surface area contributed by atoms with Gasteiger partial charge >= 0.3 is 0 Å². The number of thioether (sulfide) groups is 1. The van der Waals surface area contributed by atoms with Gasteiger partial charge in [-0.1, -0.05) is 18.5 Å². The van der Waals surface area contributed by atoms with Crippen LogP contribution in [0.4, 0.5) is 0 Å². The van der Waals surface area contributed by atoms with Crippen molar-refractivity contribution < 1.29 is 0 Å². The molecule has 1 aromatic heterocycles. The molecule has 15 heavy (non-hydrogen) atoms. The Bertz CT molecular complexity index is 339. The standard InChI is InChI=1S/C11H15ClN2S/c1-3-8-7(2)13-11(14-10(8)12)9-5-4-6-15-9/h9H,3-6H2,1-2H3. The molecular formula is C11H15ClN2S. The van der Waals surface area contributed by atoms with Gasteiger partial charge in [0.1, 0.15) is 11.0 Å². The second-order valence-corrected chi connectivity index (χ2v) is 5.46. The Labute approximate surface area is 99.8 Å². The SMILES string of the molecule is CCc1c(C)nc(C2CCCS2)nc1Cl. The first-order chi connectivity index (χ1) is 7.22. The van der Waals surface area contributed by atoms with Gasteiger partial charge in [0.25, 0.3) is 0 Å². The molecule has 1 unspecified atom stereocenters. The Hall–Kier alpha value is -0.280. The molecule has 2 nitrogen and oxygen atoms in total. The highest BCUT2D eigenvalue weighted by Crippen LogP contribution is 2.38. The highest BCUT2D eigenvalue weighted by Gasteiger charge is 2.21. The first-order valence-corrected chi connectivity index (χ1v) is 6.79. The summed E-state index contributed by atoms with van der Waals surface area (Å²) in [5.74, 6) is 2.15. The molecule has 82 valence electrons. The molecule has 0 aliphatic carbocycles. The number of rotatable bonds is 2. The number of halogens is 1. The van der Waals surface area contributed by atoms with Crippen molar-refractivity contribution in [1.82, 2.24) is 9.97 Å². The third kappa shape index (κ3) is 2.28. The van der Waals surface area contributed by atoms with Crippen LogP contribution in [0.3, 0.4) is 0 Å². The van der Waals surface area contributed by atoms with E-state index in [0.29, 0.717) is 10.4 Å². The lowest BCUT2D eigenvalue weighted by Crippen LogP contribution is -2.04. The maximum absolute atomic E-state index is 6.15. The average Bonchev–Trinajstić information content (AvgIpc) is 2.69. The Balaban J connectivity index is 2.33. The predicted octanol–water partition coefficient (Wildman–Crippen LogP) is 3.57. The molecule has 0 amide bonds. The van der Waals surface area contributed by atoms with Gasteiger partial charge in [0.2, 0.25) is 0 Å². The van der Waals surface area contributed by atoms with Crippen LogP contribution in [0.2, 0.25) is 5.15 Å². The van der Waals surface area contributed by atoms with Crippen LogP contribution in [0.1, 0.15) is 42.1 Å². The third-order valence-corrected chi connectivity index (χ3v) is 4.44. The van der Waals surface area contributed by atoms with Crippen molar-refractivity contribution in [2.24, 2.45) is 0 Å². The van der Waals surface area contributed by atoms with Crippen LogP contribution >= 0.6 is 23.4 Å². The molecule has 1 aromatic rings. The zero-order chi connectivity index (χ0) is 10.8. The molecule has 0 radical (unpaired) electrons. The van der Waals surface area contributed by atoms with Gasteiger partial charge < -0.3 is 0 Å². The maximum Gasteiger partial charge on any atom is 0.143 e. The van der Waals surface area contributed by atoms with E-state index in [9.17, 15) is 0 Å². The molecule has 2 heterocycles. The summed E-state index contributed by atoms with van der Waals surface area (Å²) in [6, 6.07) is 0. The normalized spacial score (nSPS) is 20.9. The Morgan fingerprint density at radius 2 is 2.27 bits per heavy atom. The fourth-order valence-corrected chi connectivity index (χ4v) is 3.47. The van der Waals surface area contributed by atoms with E-state index in [2.05, 4.69) is 16.9 Å². The monoisotopic (exact) mass is 242 g/mol. The summed E-state index contributed by atoms with van der Waals surface area (Å²) in [6.07, 6.45) is 3.36. The average molecular weight is 243 g/mol. The lowest BCUT2D eigenvalue weighted by atomic mass is 10.2. The van der Waals surface area contributed by atoms with Crippen molar-refractivity contribution in [2.75, 3.05) is 5.75 Å². The molecule has 1 fully saturated rings. The number of hydrogen-bond acceptors (Lipinski definition) is 3. The van der Waals surface area contributed by atoms with Crippen molar-refractivity contribution in [2.45, 2.75) is 38.4 Å². The molecule has 1 atom stereocenters. The van der Waals surface area contributed by atoms with Crippen LogP contribution in [-0.2, 0) is 6.42 Å². The minimum absolute atomic E-state index is 0.465. The van der Waals surface area contributed by atoms with Crippen LogP contribution < -0.4 is 0 Å². The van der Waals surface area contributed by atoms with E-state index in [4.69, 9.17) is 11.6 Å². The summed E-state index contributed by atoms with van der Waals surface area (Å²) in [7, 11) is 0. The van der Waals surface area contributed by atoms with E-state index < -0.39 is 0 Å². The topological polar surface area (TPSA) is 25.8 Å². The predicted molar refractivity (Wildman–Crippen MR) is 65.6 cm³/mol. The molecule has 0 bridgehead atoms. The van der Waals surface area contributed by atoms with Gasteiger partial charge in [-0.2, -0.15) is 11.8 Å². The van der Waals surface area contributed by atoms with E-state index in [1.807, 2.05) is 18.7 Å². The first kappa shape index (κ1) is 11.2. The van der Waals surface area contributed by atoms with Crippen LogP contribution in [0.15, 0.2) is 0 Å². The van der Waals surface area contributed by atoms with Crippen LogP contribution in [-0.4, -0.2) is 15.7 Å². The first-order valence-electron chi connectivity index (χ1n) is 5.37. The van der Waals surface area contributed by atoms with Gasteiger partial charge in [-0.25, -0.2) is 9.97 Å². The number of aryl methyl sites for hydroxylation is 1. The van der Waals surface area contributed by atoms with E-state index >= 15 is 0 Å². The number of aromatic nitrogens is 2.